The van der Waals surface area contributed by atoms with Gasteiger partial charge < -0.3 is 47.7 Å². The minimum absolute atomic E-state index is 0.319. The minimum Gasteiger partial charge on any atom is -0.454 e. The molecule has 0 aliphatic carbocycles. The number of ether oxygens (including phenoxy) is 8. The maximum absolute atomic E-state index is 5.48. The number of benzene rings is 4. The van der Waals surface area contributed by atoms with Gasteiger partial charge in [-0.05, 0) is 84.9 Å². The van der Waals surface area contributed by atoms with Crippen molar-refractivity contribution in [2.75, 3.05) is 80.5 Å². The van der Waals surface area contributed by atoms with Crippen LogP contribution in [0, 0.1) is 0 Å². The molecule has 9 rings (SSSR count). The summed E-state index contributed by atoms with van der Waals surface area (Å²) in [5, 5.41) is 0. The van der Waals surface area contributed by atoms with Gasteiger partial charge in [0.2, 0.25) is 27.2 Å². The average Bonchev–Trinajstić information content (AvgIpc) is 3.99. The highest BCUT2D eigenvalue weighted by molar-refractivity contribution is 5.47. The van der Waals surface area contributed by atoms with Crippen molar-refractivity contribution in [3.05, 3.63) is 95.1 Å². The van der Waals surface area contributed by atoms with Crippen molar-refractivity contribution >= 4 is 0 Å². The van der Waals surface area contributed by atoms with Crippen LogP contribution in [0.25, 0.3) is 0 Å². The van der Waals surface area contributed by atoms with Crippen LogP contribution in [0.1, 0.15) is 22.3 Å². The van der Waals surface area contributed by atoms with E-state index >= 15 is 0 Å². The number of hydrogen-bond acceptors (Lipinski definition) is 12. The summed E-state index contributed by atoms with van der Waals surface area (Å²) < 4.78 is 43.3. The first-order valence-electron chi connectivity index (χ1n) is 17.9. The van der Waals surface area contributed by atoms with Gasteiger partial charge in [-0.1, -0.05) is 24.3 Å². The lowest BCUT2D eigenvalue weighted by molar-refractivity contribution is 0.122. The Kier molecular flexibility index (Phi) is 10.4. The van der Waals surface area contributed by atoms with E-state index in [2.05, 4.69) is 82.2 Å². The summed E-state index contributed by atoms with van der Waals surface area (Å²) >= 11 is 0. The molecule has 0 spiro atoms. The van der Waals surface area contributed by atoms with Crippen molar-refractivity contribution in [2.45, 2.75) is 26.2 Å². The molecule has 5 aliphatic heterocycles. The Hall–Kier alpha value is -4.88. The third-order valence-corrected chi connectivity index (χ3v) is 9.79. The predicted molar refractivity (Wildman–Crippen MR) is 193 cm³/mol. The number of hydrogen-bond donors (Lipinski definition) is 0. The van der Waals surface area contributed by atoms with Crippen molar-refractivity contribution < 1.29 is 37.9 Å². The molecule has 0 saturated carbocycles. The van der Waals surface area contributed by atoms with Gasteiger partial charge in [0.1, 0.15) is 0 Å². The Morgan fingerprint density at radius 3 is 1.04 bits per heavy atom. The highest BCUT2D eigenvalue weighted by Crippen LogP contribution is 2.35. The van der Waals surface area contributed by atoms with Gasteiger partial charge >= 0.3 is 0 Å². The summed E-state index contributed by atoms with van der Waals surface area (Å²) in [5.41, 5.74) is 5.02. The van der Waals surface area contributed by atoms with E-state index in [4.69, 9.17) is 37.9 Å². The number of fused-ring (bicyclic) bond motifs is 4. The number of rotatable bonds is 11. The maximum Gasteiger partial charge on any atom is 0.231 e. The summed E-state index contributed by atoms with van der Waals surface area (Å²) in [4.78, 5) is 9.61. The summed E-state index contributed by atoms with van der Waals surface area (Å²) in [6.07, 6.45) is 0. The predicted octanol–water partition coefficient (Wildman–Crippen LogP) is 5.17. The van der Waals surface area contributed by atoms with Crippen LogP contribution in [-0.4, -0.2) is 100 Å². The normalized spacial score (nSPS) is 16.8. The van der Waals surface area contributed by atoms with E-state index in [0.717, 1.165) is 111 Å². The Balaban J connectivity index is 0.000000149. The Bertz CT molecular complexity index is 1720. The summed E-state index contributed by atoms with van der Waals surface area (Å²) in [7, 11) is 4.28. The molecule has 5 aliphatic rings. The molecule has 0 bridgehead atoms. The fourth-order valence-corrected chi connectivity index (χ4v) is 6.90. The van der Waals surface area contributed by atoms with Gasteiger partial charge in [-0.3, -0.25) is 9.80 Å². The molecular weight excluding hydrogens is 664 g/mol. The second-order valence-electron chi connectivity index (χ2n) is 13.8. The van der Waals surface area contributed by atoms with E-state index in [9.17, 15) is 0 Å². The molecule has 0 aromatic heterocycles. The molecule has 274 valence electrons. The summed E-state index contributed by atoms with van der Waals surface area (Å²) in [6.45, 7) is 11.2. The monoisotopic (exact) mass is 710 g/mol. The van der Waals surface area contributed by atoms with Crippen LogP contribution in [0.5, 0.6) is 46.0 Å². The minimum atomic E-state index is 0.319. The molecule has 0 atom stereocenters. The molecule has 1 fully saturated rings. The first kappa shape index (κ1) is 34.2. The van der Waals surface area contributed by atoms with Gasteiger partial charge in [0.15, 0.2) is 46.0 Å². The van der Waals surface area contributed by atoms with Gasteiger partial charge in [-0.25, -0.2) is 0 Å². The highest BCUT2D eigenvalue weighted by atomic mass is 16.7. The zero-order chi connectivity index (χ0) is 35.3. The lowest BCUT2D eigenvalue weighted by Crippen LogP contribution is -2.45. The molecule has 52 heavy (non-hydrogen) atoms. The van der Waals surface area contributed by atoms with Crippen LogP contribution >= 0.6 is 0 Å². The number of likely N-dealkylation sites (N-methyl/N-ethyl adjacent to an activating group) is 2. The maximum atomic E-state index is 5.48. The van der Waals surface area contributed by atoms with Crippen LogP contribution in [0.4, 0.5) is 0 Å². The lowest BCUT2D eigenvalue weighted by atomic mass is 10.1. The van der Waals surface area contributed by atoms with E-state index in [0.29, 0.717) is 27.2 Å². The van der Waals surface area contributed by atoms with E-state index in [1.807, 2.05) is 24.3 Å². The second kappa shape index (κ2) is 15.8. The highest BCUT2D eigenvalue weighted by Gasteiger charge is 2.21. The largest absolute Gasteiger partial charge is 0.454 e. The standard InChI is InChI=1S/C20H22N2O4.C20H24N2O4/c1-3-17-19(25-13-23-17)9-15(1)11-21-5-7-22(8-6-21)12-16-2-4-18-20(10-16)26-14-24-18;1-21(11-15-3-5-17-19(9-15)25-13-23-17)7-8-22(2)12-16-4-6-18-20(10-16)26-14-24-18/h1-4,9-10H,5-8,11-14H2;3-6,9-10H,7-8,11-14H2,1-2H3. The van der Waals surface area contributed by atoms with Crippen LogP contribution < -0.4 is 37.9 Å². The summed E-state index contributed by atoms with van der Waals surface area (Å²) in [6, 6.07) is 24.8. The first-order valence-corrected chi connectivity index (χ1v) is 17.9. The van der Waals surface area contributed by atoms with E-state index in [-0.39, 0.29) is 0 Å². The van der Waals surface area contributed by atoms with Crippen LogP contribution in [0.3, 0.4) is 0 Å². The zero-order valence-corrected chi connectivity index (χ0v) is 29.9. The third-order valence-electron chi connectivity index (χ3n) is 9.79. The molecular formula is C40H46N4O8. The fourth-order valence-electron chi connectivity index (χ4n) is 6.90. The average molecular weight is 711 g/mol. The molecule has 5 heterocycles. The Morgan fingerprint density at radius 2 is 0.692 bits per heavy atom. The molecule has 1 saturated heterocycles. The Morgan fingerprint density at radius 1 is 0.404 bits per heavy atom. The lowest BCUT2D eigenvalue weighted by Gasteiger charge is -2.34. The van der Waals surface area contributed by atoms with Gasteiger partial charge in [0.05, 0.1) is 0 Å². The van der Waals surface area contributed by atoms with E-state index in [1.54, 1.807) is 0 Å². The van der Waals surface area contributed by atoms with Crippen molar-refractivity contribution in [3.63, 3.8) is 0 Å². The number of piperazine rings is 1. The molecule has 12 nitrogen and oxygen atoms in total. The van der Waals surface area contributed by atoms with Crippen LogP contribution in [0.15, 0.2) is 72.8 Å². The van der Waals surface area contributed by atoms with Crippen LogP contribution in [0.2, 0.25) is 0 Å². The molecule has 0 amide bonds. The topological polar surface area (TPSA) is 86.8 Å². The fraction of sp³-hybridized carbons (Fsp3) is 0.400. The van der Waals surface area contributed by atoms with Gasteiger partial charge in [-0.2, -0.15) is 0 Å². The number of nitrogens with zero attached hydrogens (tertiary/aromatic N) is 4. The molecule has 0 unspecified atom stereocenters. The zero-order valence-electron chi connectivity index (χ0n) is 29.9. The molecule has 0 N–H and O–H groups in total. The van der Waals surface area contributed by atoms with Crippen molar-refractivity contribution in [3.8, 4) is 46.0 Å². The van der Waals surface area contributed by atoms with Crippen molar-refractivity contribution in [1.82, 2.24) is 19.6 Å². The first-order chi connectivity index (χ1) is 25.5. The summed E-state index contributed by atoms with van der Waals surface area (Å²) in [5.74, 6) is 6.78. The van der Waals surface area contributed by atoms with Crippen molar-refractivity contribution in [2.24, 2.45) is 0 Å². The third kappa shape index (κ3) is 8.42. The van der Waals surface area contributed by atoms with Gasteiger partial charge in [0, 0.05) is 65.4 Å². The smallest absolute Gasteiger partial charge is 0.231 e. The molecule has 4 aromatic rings. The quantitative estimate of drug-likeness (QED) is 0.206. The molecule has 12 heteroatoms. The Labute approximate surface area is 304 Å². The van der Waals surface area contributed by atoms with E-state index in [1.165, 1.54) is 22.3 Å². The van der Waals surface area contributed by atoms with E-state index < -0.39 is 0 Å². The van der Waals surface area contributed by atoms with Gasteiger partial charge in [-0.15, -0.1) is 0 Å². The van der Waals surface area contributed by atoms with Crippen LogP contribution in [-0.2, 0) is 26.2 Å². The second-order valence-corrected chi connectivity index (χ2v) is 13.8. The SMILES string of the molecule is CN(CCN(C)Cc1ccc2c(c1)OCO2)Cc1ccc2c(c1)OCO2.c1cc2c(cc1CN1CCN(Cc3ccc4c(c3)OCO4)CC1)OCO2. The van der Waals surface area contributed by atoms with Gasteiger partial charge in [0.25, 0.3) is 0 Å². The molecule has 0 radical (unpaired) electrons. The molecule has 4 aromatic carbocycles. The van der Waals surface area contributed by atoms with Crippen molar-refractivity contribution in [1.29, 1.82) is 0 Å².